The zero-order valence-corrected chi connectivity index (χ0v) is 19.1. The molecule has 0 saturated carbocycles. The summed E-state index contributed by atoms with van der Waals surface area (Å²) in [6, 6.07) is 3.83. The van der Waals surface area contributed by atoms with Crippen molar-refractivity contribution < 1.29 is 9.72 Å². The van der Waals surface area contributed by atoms with E-state index in [1.165, 1.54) is 29.5 Å². The Hall–Kier alpha value is -2.43. The molecule has 0 aliphatic rings. The molecule has 1 aromatic carbocycles. The van der Waals surface area contributed by atoms with E-state index in [1.54, 1.807) is 11.5 Å². The molecule has 2 aromatic heterocycles. The number of rotatable bonds is 6. The van der Waals surface area contributed by atoms with Gasteiger partial charge < -0.3 is 5.32 Å². The predicted molar refractivity (Wildman–Crippen MR) is 121 cm³/mol. The second kappa shape index (κ2) is 8.75. The van der Waals surface area contributed by atoms with Gasteiger partial charge in [0.1, 0.15) is 4.83 Å². The SMILES string of the molecule is CCn1c(SC(C)C(=O)Nc2cc([N+](=O)[O-])ccc2Cl)nc2sc(C)c(C)c2c1=O. The van der Waals surface area contributed by atoms with Crippen LogP contribution in [0.15, 0.2) is 28.2 Å². The van der Waals surface area contributed by atoms with Crippen LogP contribution >= 0.6 is 34.7 Å². The van der Waals surface area contributed by atoms with Crippen LogP contribution in [-0.2, 0) is 11.3 Å². The number of nitro groups is 1. The van der Waals surface area contributed by atoms with Crippen LogP contribution in [0.5, 0.6) is 0 Å². The van der Waals surface area contributed by atoms with Gasteiger partial charge in [-0.2, -0.15) is 0 Å². The first-order valence-corrected chi connectivity index (χ1v) is 11.1. The normalized spacial score (nSPS) is 12.2. The molecule has 1 atom stereocenters. The summed E-state index contributed by atoms with van der Waals surface area (Å²) in [5, 5.41) is 14.2. The van der Waals surface area contributed by atoms with Crippen molar-refractivity contribution in [2.45, 2.75) is 44.6 Å². The number of carbonyl (C=O) groups excluding carboxylic acids is 1. The second-order valence-corrected chi connectivity index (χ2v) is 9.50. The van der Waals surface area contributed by atoms with Crippen molar-refractivity contribution in [3.63, 3.8) is 0 Å². The van der Waals surface area contributed by atoms with Gasteiger partial charge in [0.05, 0.1) is 26.3 Å². The number of nitrogens with one attached hydrogen (secondary N) is 1. The molecule has 3 rings (SSSR count). The van der Waals surface area contributed by atoms with Crippen LogP contribution in [-0.4, -0.2) is 25.6 Å². The van der Waals surface area contributed by atoms with Crippen molar-refractivity contribution in [3.05, 3.63) is 54.1 Å². The largest absolute Gasteiger partial charge is 0.324 e. The number of benzene rings is 1. The van der Waals surface area contributed by atoms with E-state index in [-0.39, 0.29) is 22.0 Å². The van der Waals surface area contributed by atoms with E-state index in [0.29, 0.717) is 21.9 Å². The van der Waals surface area contributed by atoms with Gasteiger partial charge in [0, 0.05) is 23.6 Å². The molecule has 0 spiro atoms. The zero-order chi connectivity index (χ0) is 22.2. The average Bonchev–Trinajstić information content (AvgIpc) is 2.97. The quantitative estimate of drug-likeness (QED) is 0.242. The molecule has 2 heterocycles. The van der Waals surface area contributed by atoms with E-state index >= 15 is 0 Å². The number of carbonyl (C=O) groups is 1. The molecule has 0 aliphatic carbocycles. The summed E-state index contributed by atoms with van der Waals surface area (Å²) in [7, 11) is 0. The van der Waals surface area contributed by atoms with Gasteiger partial charge in [-0.05, 0) is 39.3 Å². The number of thioether (sulfide) groups is 1. The fraction of sp³-hybridized carbons (Fsp3) is 0.316. The first-order chi connectivity index (χ1) is 14.1. The minimum absolute atomic E-state index is 0.124. The van der Waals surface area contributed by atoms with Crippen molar-refractivity contribution in [1.29, 1.82) is 0 Å². The lowest BCUT2D eigenvalue weighted by atomic mass is 10.2. The minimum atomic E-state index is -0.621. The van der Waals surface area contributed by atoms with Gasteiger partial charge in [0.2, 0.25) is 5.91 Å². The topological polar surface area (TPSA) is 107 Å². The van der Waals surface area contributed by atoms with Gasteiger partial charge in [-0.3, -0.25) is 24.3 Å². The van der Waals surface area contributed by atoms with Crippen LogP contribution < -0.4 is 10.9 Å². The standard InChI is InChI=1S/C19H19ClN4O4S2/c1-5-23-18(26)15-9(2)10(3)29-17(15)22-19(23)30-11(4)16(25)21-14-8-12(24(27)28)6-7-13(14)20/h6-8,11H,5H2,1-4H3,(H,21,25). The summed E-state index contributed by atoms with van der Waals surface area (Å²) in [6.07, 6.45) is 0. The van der Waals surface area contributed by atoms with Crippen molar-refractivity contribution >= 4 is 62.2 Å². The molecular weight excluding hydrogens is 448 g/mol. The first-order valence-electron chi connectivity index (χ1n) is 9.06. The zero-order valence-electron chi connectivity index (χ0n) is 16.7. The van der Waals surface area contributed by atoms with Crippen LogP contribution in [0.1, 0.15) is 24.3 Å². The molecule has 8 nitrogen and oxygen atoms in total. The number of hydrogen-bond donors (Lipinski definition) is 1. The van der Waals surface area contributed by atoms with Crippen LogP contribution in [0, 0.1) is 24.0 Å². The average molecular weight is 467 g/mol. The molecule has 3 aromatic rings. The Morgan fingerprint density at radius 2 is 2.13 bits per heavy atom. The number of fused-ring (bicyclic) bond motifs is 1. The van der Waals surface area contributed by atoms with Gasteiger partial charge in [-0.1, -0.05) is 23.4 Å². The smallest absolute Gasteiger partial charge is 0.271 e. The molecule has 0 fully saturated rings. The van der Waals surface area contributed by atoms with Crippen LogP contribution in [0.4, 0.5) is 11.4 Å². The minimum Gasteiger partial charge on any atom is -0.324 e. The number of non-ortho nitro benzene ring substituents is 1. The number of nitrogens with zero attached hydrogens (tertiary/aromatic N) is 3. The van der Waals surface area contributed by atoms with Gasteiger partial charge >= 0.3 is 0 Å². The Morgan fingerprint density at radius 3 is 2.77 bits per heavy atom. The monoisotopic (exact) mass is 466 g/mol. The lowest BCUT2D eigenvalue weighted by Crippen LogP contribution is -2.26. The first kappa shape index (κ1) is 22.3. The van der Waals surface area contributed by atoms with E-state index in [2.05, 4.69) is 10.3 Å². The molecule has 1 unspecified atom stereocenters. The maximum Gasteiger partial charge on any atom is 0.271 e. The number of amides is 1. The van der Waals surface area contributed by atoms with Gasteiger partial charge in [-0.15, -0.1) is 11.3 Å². The number of nitro benzene ring substituents is 1. The van der Waals surface area contributed by atoms with E-state index in [4.69, 9.17) is 11.6 Å². The Bertz CT molecular complexity index is 1220. The summed E-state index contributed by atoms with van der Waals surface area (Å²) in [6.45, 7) is 7.79. The lowest BCUT2D eigenvalue weighted by Gasteiger charge is -2.15. The summed E-state index contributed by atoms with van der Waals surface area (Å²) in [4.78, 5) is 42.3. The summed E-state index contributed by atoms with van der Waals surface area (Å²) < 4.78 is 1.55. The molecular formula is C19H19ClN4O4S2. The molecule has 0 radical (unpaired) electrons. The summed E-state index contributed by atoms with van der Waals surface area (Å²) >= 11 is 8.66. The van der Waals surface area contributed by atoms with Crippen molar-refractivity contribution in [2.24, 2.45) is 0 Å². The van der Waals surface area contributed by atoms with E-state index in [1.807, 2.05) is 20.8 Å². The van der Waals surface area contributed by atoms with Crippen molar-refractivity contribution in [2.75, 3.05) is 5.32 Å². The van der Waals surface area contributed by atoms with Crippen LogP contribution in [0.3, 0.4) is 0 Å². The molecule has 158 valence electrons. The highest BCUT2D eigenvalue weighted by molar-refractivity contribution is 8.00. The van der Waals surface area contributed by atoms with Crippen LogP contribution in [0.25, 0.3) is 10.2 Å². The number of hydrogen-bond acceptors (Lipinski definition) is 7. The van der Waals surface area contributed by atoms with E-state index < -0.39 is 16.1 Å². The summed E-state index contributed by atoms with van der Waals surface area (Å²) in [5.41, 5.74) is 0.785. The molecule has 0 saturated heterocycles. The number of thiophene rings is 1. The summed E-state index contributed by atoms with van der Waals surface area (Å²) in [5.74, 6) is -0.405. The van der Waals surface area contributed by atoms with Crippen LogP contribution in [0.2, 0.25) is 5.02 Å². The molecule has 0 bridgehead atoms. The van der Waals surface area contributed by atoms with E-state index in [9.17, 15) is 19.7 Å². The van der Waals surface area contributed by atoms with Gasteiger partial charge in [0.25, 0.3) is 11.2 Å². The molecule has 1 N–H and O–H groups in total. The fourth-order valence-electron chi connectivity index (χ4n) is 2.85. The number of halogens is 1. The number of anilines is 1. The Balaban J connectivity index is 1.89. The van der Waals surface area contributed by atoms with Gasteiger partial charge in [0.15, 0.2) is 5.16 Å². The predicted octanol–water partition coefficient (Wildman–Crippen LogP) is 4.78. The molecule has 30 heavy (non-hydrogen) atoms. The lowest BCUT2D eigenvalue weighted by molar-refractivity contribution is -0.384. The van der Waals surface area contributed by atoms with Gasteiger partial charge in [-0.25, -0.2) is 4.98 Å². The Labute approximate surface area is 185 Å². The van der Waals surface area contributed by atoms with Crippen molar-refractivity contribution in [1.82, 2.24) is 9.55 Å². The third-order valence-corrected chi connectivity index (χ3v) is 7.16. The Kier molecular flexibility index (Phi) is 6.49. The second-order valence-electron chi connectivity index (χ2n) is 6.58. The third-order valence-electron chi connectivity index (χ3n) is 4.64. The maximum absolute atomic E-state index is 12.9. The fourth-order valence-corrected chi connectivity index (χ4v) is 5.05. The number of aryl methyl sites for hydroxylation is 2. The molecule has 11 heteroatoms. The van der Waals surface area contributed by atoms with Crippen molar-refractivity contribution in [3.8, 4) is 0 Å². The number of aromatic nitrogens is 2. The third kappa shape index (κ3) is 4.21. The molecule has 1 amide bonds. The highest BCUT2D eigenvalue weighted by atomic mass is 35.5. The highest BCUT2D eigenvalue weighted by Gasteiger charge is 2.22. The maximum atomic E-state index is 12.9. The Morgan fingerprint density at radius 1 is 1.43 bits per heavy atom. The molecule has 0 aliphatic heterocycles. The highest BCUT2D eigenvalue weighted by Crippen LogP contribution is 2.31. The van der Waals surface area contributed by atoms with E-state index in [0.717, 1.165) is 22.2 Å².